The second kappa shape index (κ2) is 20.3. The van der Waals surface area contributed by atoms with Crippen molar-refractivity contribution in [2.75, 3.05) is 9.80 Å². The number of fused-ring (bicyclic) bond motifs is 10. The molecule has 1 aliphatic heterocycles. The minimum atomic E-state index is -0.112. The van der Waals surface area contributed by atoms with Crippen molar-refractivity contribution in [2.24, 2.45) is 0 Å². The van der Waals surface area contributed by atoms with Crippen molar-refractivity contribution in [1.82, 2.24) is 14.1 Å². The van der Waals surface area contributed by atoms with Crippen LogP contribution in [0.2, 0.25) is 0 Å². The Morgan fingerprint density at radius 1 is 0.452 bits per heavy atom. The van der Waals surface area contributed by atoms with E-state index in [1.165, 1.54) is 44.2 Å². The first-order chi connectivity index (χ1) is 40.8. The molecule has 0 saturated heterocycles. The van der Waals surface area contributed by atoms with E-state index in [2.05, 4.69) is 307 Å². The maximum absolute atomic E-state index is 7.21. The van der Waals surface area contributed by atoms with E-state index in [-0.39, 0.29) is 32.4 Å². The minimum absolute atomic E-state index is 0. The maximum Gasteiger partial charge on any atom is 0.135 e. The third-order valence-electron chi connectivity index (χ3n) is 16.9. The van der Waals surface area contributed by atoms with E-state index in [0.29, 0.717) is 11.5 Å². The Hall–Kier alpha value is -9.74. The molecule has 11 aromatic carbocycles. The zero-order valence-electron chi connectivity index (χ0n) is 46.4. The van der Waals surface area contributed by atoms with E-state index in [1.807, 2.05) is 12.3 Å². The van der Waals surface area contributed by atoms with Gasteiger partial charge in [0.05, 0.1) is 11.0 Å². The van der Waals surface area contributed by atoms with E-state index >= 15 is 0 Å². The fourth-order valence-electron chi connectivity index (χ4n) is 13.1. The van der Waals surface area contributed by atoms with Crippen LogP contribution in [0, 0.1) is 18.8 Å². The molecule has 7 heteroatoms. The fourth-order valence-corrected chi connectivity index (χ4v) is 13.1. The molecule has 0 bridgehead atoms. The summed E-state index contributed by atoms with van der Waals surface area (Å²) in [7, 11) is 0. The fraction of sp³-hybridized carbons (Fsp3) is 0.0649. The molecule has 0 amide bonds. The van der Waals surface area contributed by atoms with Gasteiger partial charge in [0.25, 0.3) is 0 Å². The molecule has 0 saturated carbocycles. The molecule has 0 unspecified atom stereocenters. The van der Waals surface area contributed by atoms with Gasteiger partial charge in [-0.1, -0.05) is 214 Å². The van der Waals surface area contributed by atoms with Crippen molar-refractivity contribution in [3.8, 4) is 56.4 Å². The molecule has 1 aliphatic carbocycles. The summed E-state index contributed by atoms with van der Waals surface area (Å²) in [5.41, 5.74) is 21.1. The van der Waals surface area contributed by atoms with Crippen LogP contribution in [-0.4, -0.2) is 14.1 Å². The molecular weight excluding hydrogens is 1210 g/mol. The summed E-state index contributed by atoms with van der Waals surface area (Å²) in [4.78, 5) is 9.76. The molecule has 16 rings (SSSR count). The van der Waals surface area contributed by atoms with Crippen LogP contribution in [0.1, 0.15) is 48.9 Å². The summed E-state index contributed by atoms with van der Waals surface area (Å²) >= 11 is 0. The van der Waals surface area contributed by atoms with Gasteiger partial charge in [0.1, 0.15) is 5.82 Å². The smallest absolute Gasteiger partial charge is 0.135 e. The predicted octanol–water partition coefficient (Wildman–Crippen LogP) is 19.9. The van der Waals surface area contributed by atoms with Crippen molar-refractivity contribution in [3.63, 3.8) is 0 Å². The molecular formula is C77H54N5OPt-3. The number of nitrogens with zero attached hydrogens (tertiary/aromatic N) is 5. The van der Waals surface area contributed by atoms with Gasteiger partial charge < -0.3 is 23.7 Å². The van der Waals surface area contributed by atoms with Crippen LogP contribution in [0.25, 0.3) is 88.5 Å². The number of ether oxygens (including phenoxy) is 1. The number of rotatable bonds is 9. The predicted molar refractivity (Wildman–Crippen MR) is 341 cm³/mol. The van der Waals surface area contributed by atoms with Crippen molar-refractivity contribution >= 4 is 66.4 Å². The summed E-state index contributed by atoms with van der Waals surface area (Å²) in [6.07, 6.45) is 1.95. The molecule has 0 atom stereocenters. The van der Waals surface area contributed by atoms with E-state index in [0.717, 1.165) is 89.3 Å². The molecule has 406 valence electrons. The van der Waals surface area contributed by atoms with Crippen LogP contribution in [0.15, 0.2) is 261 Å². The third-order valence-corrected chi connectivity index (χ3v) is 16.9. The number of aromatic nitrogens is 3. The Bertz CT molecular complexity index is 4720. The quantitative estimate of drug-likeness (QED) is 0.135. The molecule has 0 N–H and O–H groups in total. The summed E-state index contributed by atoms with van der Waals surface area (Å²) < 4.78 is 11.8. The Morgan fingerprint density at radius 2 is 0.976 bits per heavy atom. The number of hydrogen-bond acceptors (Lipinski definition) is 4. The normalized spacial score (nSPS) is 12.9. The topological polar surface area (TPSA) is 38.5 Å². The molecule has 0 spiro atoms. The average molecular weight is 1260 g/mol. The Balaban J connectivity index is 0.00000600. The summed E-state index contributed by atoms with van der Waals surface area (Å²) in [5.74, 6) is 2.00. The van der Waals surface area contributed by atoms with Crippen molar-refractivity contribution in [1.29, 1.82) is 0 Å². The number of hydrogen-bond donors (Lipinski definition) is 0. The Morgan fingerprint density at radius 3 is 1.58 bits per heavy atom. The molecule has 14 aromatic rings. The molecule has 2 aliphatic rings. The summed E-state index contributed by atoms with van der Waals surface area (Å²) in [6, 6.07) is 99.1. The van der Waals surface area contributed by atoms with Gasteiger partial charge in [0.2, 0.25) is 0 Å². The zero-order chi connectivity index (χ0) is 55.3. The largest absolute Gasteiger partial charge is 0.509 e. The maximum atomic E-state index is 7.21. The zero-order valence-corrected chi connectivity index (χ0v) is 48.7. The number of para-hydroxylation sites is 5. The van der Waals surface area contributed by atoms with Crippen LogP contribution in [0.3, 0.4) is 0 Å². The number of pyridine rings is 1. The minimum Gasteiger partial charge on any atom is -0.509 e. The van der Waals surface area contributed by atoms with Gasteiger partial charge in [0.15, 0.2) is 0 Å². The monoisotopic (exact) mass is 1260 g/mol. The van der Waals surface area contributed by atoms with E-state index in [9.17, 15) is 0 Å². The number of benzene rings is 11. The van der Waals surface area contributed by atoms with Crippen LogP contribution in [0.5, 0.6) is 11.5 Å². The SMILES string of the molecule is CC(C)(C)c1cc(-c2ccccc2)c(N2[CH-]N(c3[c-]c(Oc4[c-]c5c(cc4)c4ccccc4n5-c4cc(C5c6ccccc6-c6ccccc65)ccn4)cc(-n4c5ccccc5c5ccccc54)c3)c3ccccc32)c(-c2ccccc2)c1.[Pt]. The first kappa shape index (κ1) is 51.2. The first-order valence-corrected chi connectivity index (χ1v) is 28.5. The van der Waals surface area contributed by atoms with Crippen LogP contribution >= 0.6 is 0 Å². The molecule has 4 heterocycles. The van der Waals surface area contributed by atoms with Gasteiger partial charge in [-0.2, -0.15) is 6.07 Å². The summed E-state index contributed by atoms with van der Waals surface area (Å²) in [6.45, 7) is 9.13. The van der Waals surface area contributed by atoms with Crippen molar-refractivity contribution in [3.05, 3.63) is 302 Å². The van der Waals surface area contributed by atoms with Crippen LogP contribution in [-0.2, 0) is 26.5 Å². The van der Waals surface area contributed by atoms with Crippen molar-refractivity contribution < 1.29 is 25.8 Å². The third kappa shape index (κ3) is 8.38. The molecule has 84 heavy (non-hydrogen) atoms. The van der Waals surface area contributed by atoms with Gasteiger partial charge in [-0.15, -0.1) is 42.4 Å². The summed E-state index contributed by atoms with van der Waals surface area (Å²) in [5, 5.41) is 4.53. The Kier molecular flexibility index (Phi) is 12.4. The van der Waals surface area contributed by atoms with Gasteiger partial charge in [-0.3, -0.25) is 0 Å². The second-order valence-corrected chi connectivity index (χ2v) is 22.8. The molecule has 6 nitrogen and oxygen atoms in total. The molecule has 3 aromatic heterocycles. The van der Waals surface area contributed by atoms with Gasteiger partial charge in [0, 0.05) is 89.2 Å². The first-order valence-electron chi connectivity index (χ1n) is 28.5. The van der Waals surface area contributed by atoms with E-state index < -0.39 is 0 Å². The molecule has 0 fully saturated rings. The average Bonchev–Trinajstić information content (AvgIpc) is 2.42. The van der Waals surface area contributed by atoms with Gasteiger partial charge >= 0.3 is 0 Å². The number of anilines is 4. The van der Waals surface area contributed by atoms with Crippen LogP contribution in [0.4, 0.5) is 22.7 Å². The standard InChI is InChI=1S/C77H54N5O.Pt/c1-77(2,3)53-43-66(50-22-6-4-7-23-50)76(67(44-53)51-24-8-5-9-25-51)80-49-79(71-36-20-21-37-72(71)80)54-45-55(81-68-33-17-14-28-60(68)61-29-15-18-34-69(61)81)47-57(46-54)83-56-38-39-63-62-30-16-19-35-70(62)82(73(63)48-56)74-42-52(40-41-78-74)75-64-31-12-10-26-58(64)59-27-11-13-32-65(59)75;/h4-45,47,49,75H,1-3H3;/q-3;. The van der Waals surface area contributed by atoms with E-state index in [1.54, 1.807) is 0 Å². The Labute approximate surface area is 503 Å². The van der Waals surface area contributed by atoms with E-state index in [4.69, 9.17) is 9.72 Å². The van der Waals surface area contributed by atoms with Gasteiger partial charge in [-0.05, 0) is 110 Å². The van der Waals surface area contributed by atoms with Crippen molar-refractivity contribution in [2.45, 2.75) is 32.1 Å². The van der Waals surface area contributed by atoms with Gasteiger partial charge in [-0.25, -0.2) is 4.98 Å². The second-order valence-electron chi connectivity index (χ2n) is 22.8. The molecule has 0 radical (unpaired) electrons. The van der Waals surface area contributed by atoms with Crippen LogP contribution < -0.4 is 14.5 Å².